The summed E-state index contributed by atoms with van der Waals surface area (Å²) >= 11 is 1.53. The average Bonchev–Trinajstić information content (AvgIpc) is 2.96. The number of rotatable bonds is 5. The third-order valence-corrected chi connectivity index (χ3v) is 4.40. The van der Waals surface area contributed by atoms with Crippen molar-refractivity contribution < 1.29 is 9.53 Å². The smallest absolute Gasteiger partial charge is 0.240 e. The molecule has 0 bridgehead atoms. The highest BCUT2D eigenvalue weighted by Gasteiger charge is 2.15. The molecule has 5 nitrogen and oxygen atoms in total. The molecule has 0 atom stereocenters. The number of morpholine rings is 1. The van der Waals surface area contributed by atoms with Crippen molar-refractivity contribution >= 4 is 22.4 Å². The second kappa shape index (κ2) is 7.49. The number of thiazole rings is 1. The number of carbonyl (C=O) groups excluding carboxylic acids is 1. The van der Waals surface area contributed by atoms with E-state index in [1.165, 1.54) is 16.9 Å². The molecule has 0 unspecified atom stereocenters. The van der Waals surface area contributed by atoms with E-state index >= 15 is 0 Å². The van der Waals surface area contributed by atoms with E-state index in [2.05, 4.69) is 27.3 Å². The van der Waals surface area contributed by atoms with Gasteiger partial charge in [-0.1, -0.05) is 30.3 Å². The first-order valence-electron chi connectivity index (χ1n) is 7.38. The molecule has 3 rings (SSSR count). The van der Waals surface area contributed by atoms with Crippen molar-refractivity contribution in [3.05, 3.63) is 47.0 Å². The molecule has 1 aromatic heterocycles. The molecule has 0 saturated carbocycles. The number of anilines is 1. The van der Waals surface area contributed by atoms with Crippen molar-refractivity contribution in [3.8, 4) is 0 Å². The van der Waals surface area contributed by atoms with Gasteiger partial charge in [-0.2, -0.15) is 0 Å². The van der Waals surface area contributed by atoms with Gasteiger partial charge in [-0.3, -0.25) is 9.69 Å². The number of carbonyl (C=O) groups is 1. The van der Waals surface area contributed by atoms with Crippen LogP contribution in [0.2, 0.25) is 0 Å². The van der Waals surface area contributed by atoms with Crippen LogP contribution >= 0.6 is 11.3 Å². The van der Waals surface area contributed by atoms with Gasteiger partial charge in [-0.25, -0.2) is 4.98 Å². The molecule has 1 aliphatic rings. The van der Waals surface area contributed by atoms with Crippen molar-refractivity contribution in [2.75, 3.05) is 38.2 Å². The number of benzene rings is 1. The van der Waals surface area contributed by atoms with Crippen molar-refractivity contribution in [1.82, 2.24) is 9.88 Å². The van der Waals surface area contributed by atoms with Crippen molar-refractivity contribution in [1.29, 1.82) is 0 Å². The van der Waals surface area contributed by atoms with Crippen LogP contribution in [0.4, 0.5) is 5.13 Å². The summed E-state index contributed by atoms with van der Waals surface area (Å²) in [7, 11) is 0. The van der Waals surface area contributed by atoms with Gasteiger partial charge in [-0.15, -0.1) is 11.3 Å². The number of hydrogen-bond acceptors (Lipinski definition) is 5. The van der Waals surface area contributed by atoms with Gasteiger partial charge in [0.2, 0.25) is 5.91 Å². The summed E-state index contributed by atoms with van der Waals surface area (Å²) in [4.78, 5) is 19.6. The van der Waals surface area contributed by atoms with Crippen molar-refractivity contribution in [2.45, 2.75) is 6.42 Å². The van der Waals surface area contributed by atoms with E-state index in [0.717, 1.165) is 24.4 Å². The van der Waals surface area contributed by atoms with Gasteiger partial charge in [0, 0.05) is 30.6 Å². The number of aromatic nitrogens is 1. The number of ether oxygens (including phenoxy) is 1. The maximum Gasteiger partial charge on any atom is 0.240 e. The van der Waals surface area contributed by atoms with Gasteiger partial charge >= 0.3 is 0 Å². The predicted molar refractivity (Wildman–Crippen MR) is 87.3 cm³/mol. The zero-order chi connectivity index (χ0) is 15.2. The lowest BCUT2D eigenvalue weighted by atomic mass is 10.1. The Morgan fingerprint density at radius 1 is 1.27 bits per heavy atom. The molecule has 1 N–H and O–H groups in total. The molecule has 6 heteroatoms. The van der Waals surface area contributed by atoms with Crippen LogP contribution in [0.5, 0.6) is 0 Å². The minimum Gasteiger partial charge on any atom is -0.379 e. The minimum atomic E-state index is -0.0116. The predicted octanol–water partition coefficient (Wildman–Crippen LogP) is 2.00. The van der Waals surface area contributed by atoms with E-state index in [-0.39, 0.29) is 5.91 Å². The molecule has 2 heterocycles. The molecule has 1 amide bonds. The molecule has 1 aliphatic heterocycles. The SMILES string of the molecule is O=C(CN1CCOCC1)Nc1ncc(Cc2ccccc2)s1. The van der Waals surface area contributed by atoms with Crippen molar-refractivity contribution in [2.24, 2.45) is 0 Å². The lowest BCUT2D eigenvalue weighted by Gasteiger charge is -2.25. The molecular formula is C16H19N3O2S. The Kier molecular flexibility index (Phi) is 5.15. The Hall–Kier alpha value is -1.76. The van der Waals surface area contributed by atoms with Crippen LogP contribution < -0.4 is 5.32 Å². The van der Waals surface area contributed by atoms with Crippen molar-refractivity contribution in [3.63, 3.8) is 0 Å². The van der Waals surface area contributed by atoms with E-state index in [4.69, 9.17) is 4.74 Å². The van der Waals surface area contributed by atoms with Gasteiger partial charge in [0.25, 0.3) is 0 Å². The first-order valence-corrected chi connectivity index (χ1v) is 8.20. The summed E-state index contributed by atoms with van der Waals surface area (Å²) in [6.07, 6.45) is 2.68. The lowest BCUT2D eigenvalue weighted by molar-refractivity contribution is -0.118. The van der Waals surface area contributed by atoms with Crippen LogP contribution in [0.3, 0.4) is 0 Å². The molecule has 0 spiro atoms. The number of nitrogens with zero attached hydrogens (tertiary/aromatic N) is 2. The van der Waals surface area contributed by atoms with Gasteiger partial charge in [0.1, 0.15) is 0 Å². The molecule has 0 aliphatic carbocycles. The van der Waals surface area contributed by atoms with Gasteiger partial charge < -0.3 is 10.1 Å². The van der Waals surface area contributed by atoms with Crippen LogP contribution in [0.25, 0.3) is 0 Å². The van der Waals surface area contributed by atoms with E-state index in [1.807, 2.05) is 24.4 Å². The van der Waals surface area contributed by atoms with Crippen LogP contribution in [0.15, 0.2) is 36.5 Å². The van der Waals surface area contributed by atoms with Crippen LogP contribution in [-0.4, -0.2) is 48.6 Å². The normalized spacial score (nSPS) is 15.6. The summed E-state index contributed by atoms with van der Waals surface area (Å²) in [6.45, 7) is 3.42. The highest BCUT2D eigenvalue weighted by molar-refractivity contribution is 7.15. The summed E-state index contributed by atoms with van der Waals surface area (Å²) in [5.41, 5.74) is 1.25. The molecule has 0 radical (unpaired) electrons. The third-order valence-electron chi connectivity index (χ3n) is 3.49. The standard InChI is InChI=1S/C16H19N3O2S/c20-15(12-19-6-8-21-9-7-19)18-16-17-11-14(22-16)10-13-4-2-1-3-5-13/h1-5,11H,6-10,12H2,(H,17,18,20). The largest absolute Gasteiger partial charge is 0.379 e. The Balaban J connectivity index is 1.51. The van der Waals surface area contributed by atoms with Crippen LogP contribution in [0.1, 0.15) is 10.4 Å². The number of nitrogens with one attached hydrogen (secondary N) is 1. The molecule has 1 aromatic carbocycles. The van der Waals surface area contributed by atoms with Crippen LogP contribution in [-0.2, 0) is 16.0 Å². The van der Waals surface area contributed by atoms with Gasteiger partial charge in [0.15, 0.2) is 5.13 Å². The molecule has 1 saturated heterocycles. The van der Waals surface area contributed by atoms with E-state index in [9.17, 15) is 4.79 Å². The molecule has 2 aromatic rings. The van der Waals surface area contributed by atoms with Gasteiger partial charge in [0.05, 0.1) is 19.8 Å². The number of amides is 1. The zero-order valence-electron chi connectivity index (χ0n) is 12.3. The molecule has 22 heavy (non-hydrogen) atoms. The molecule has 116 valence electrons. The monoisotopic (exact) mass is 317 g/mol. The fourth-order valence-electron chi connectivity index (χ4n) is 2.37. The van der Waals surface area contributed by atoms with E-state index in [0.29, 0.717) is 24.9 Å². The third kappa shape index (κ3) is 4.37. The molecule has 1 fully saturated rings. The first-order chi connectivity index (χ1) is 10.8. The fraction of sp³-hybridized carbons (Fsp3) is 0.375. The lowest BCUT2D eigenvalue weighted by Crippen LogP contribution is -2.41. The summed E-state index contributed by atoms with van der Waals surface area (Å²) in [6, 6.07) is 10.3. The average molecular weight is 317 g/mol. The zero-order valence-corrected chi connectivity index (χ0v) is 13.1. The maximum absolute atomic E-state index is 12.0. The quantitative estimate of drug-likeness (QED) is 0.916. The summed E-state index contributed by atoms with van der Waals surface area (Å²) in [5, 5.41) is 3.55. The minimum absolute atomic E-state index is 0.0116. The Labute approximate surface area is 133 Å². The fourth-order valence-corrected chi connectivity index (χ4v) is 3.23. The first kappa shape index (κ1) is 15.1. The van der Waals surface area contributed by atoms with E-state index in [1.54, 1.807) is 0 Å². The summed E-state index contributed by atoms with van der Waals surface area (Å²) < 4.78 is 5.28. The Morgan fingerprint density at radius 3 is 2.82 bits per heavy atom. The van der Waals surface area contributed by atoms with Crippen LogP contribution in [0, 0.1) is 0 Å². The second-order valence-corrected chi connectivity index (χ2v) is 6.35. The molecular weight excluding hydrogens is 298 g/mol. The second-order valence-electron chi connectivity index (χ2n) is 5.23. The highest BCUT2D eigenvalue weighted by Crippen LogP contribution is 2.21. The maximum atomic E-state index is 12.0. The van der Waals surface area contributed by atoms with E-state index < -0.39 is 0 Å². The van der Waals surface area contributed by atoms with Gasteiger partial charge in [-0.05, 0) is 5.56 Å². The summed E-state index contributed by atoms with van der Waals surface area (Å²) in [5.74, 6) is -0.0116. The highest BCUT2D eigenvalue weighted by atomic mass is 32.1. The number of hydrogen-bond donors (Lipinski definition) is 1. The Morgan fingerprint density at radius 2 is 2.05 bits per heavy atom. The topological polar surface area (TPSA) is 54.5 Å². The Bertz CT molecular complexity index is 609.